The van der Waals surface area contributed by atoms with Crippen molar-refractivity contribution < 1.29 is 12.8 Å². The predicted octanol–water partition coefficient (Wildman–Crippen LogP) is 7.47. The van der Waals surface area contributed by atoms with Crippen LogP contribution in [0.3, 0.4) is 0 Å². The zero-order valence-electron chi connectivity index (χ0n) is 22.4. The van der Waals surface area contributed by atoms with E-state index in [1.807, 2.05) is 31.2 Å². The van der Waals surface area contributed by atoms with E-state index in [1.165, 1.54) is 36.1 Å². The van der Waals surface area contributed by atoms with E-state index in [-0.39, 0.29) is 27.7 Å². The maximum absolute atomic E-state index is 13.7. The van der Waals surface area contributed by atoms with Gasteiger partial charge >= 0.3 is 0 Å². The van der Waals surface area contributed by atoms with Crippen molar-refractivity contribution in [2.45, 2.75) is 55.5 Å². The number of aryl methyl sites for hydroxylation is 2. The fraction of sp³-hybridized carbons (Fsp3) is 0.323. The van der Waals surface area contributed by atoms with Crippen LogP contribution in [-0.4, -0.2) is 37.9 Å². The van der Waals surface area contributed by atoms with E-state index in [1.54, 1.807) is 12.1 Å². The van der Waals surface area contributed by atoms with Crippen molar-refractivity contribution in [2.24, 2.45) is 0 Å². The maximum Gasteiger partial charge on any atom is 0.233 e. The van der Waals surface area contributed by atoms with Crippen LogP contribution in [0.2, 0.25) is 5.02 Å². The van der Waals surface area contributed by atoms with Gasteiger partial charge < -0.3 is 9.73 Å². The highest BCUT2D eigenvalue weighted by Gasteiger charge is 2.30. The van der Waals surface area contributed by atoms with Gasteiger partial charge in [-0.15, -0.1) is 0 Å². The summed E-state index contributed by atoms with van der Waals surface area (Å²) in [7, 11) is -3.97. The summed E-state index contributed by atoms with van der Waals surface area (Å²) < 4.78 is 33.6. The summed E-state index contributed by atoms with van der Waals surface area (Å²) in [4.78, 5) is 7.11. The number of hydrogen-bond donors (Lipinski definition) is 1. The number of benzene rings is 3. The van der Waals surface area contributed by atoms with Crippen LogP contribution < -0.4 is 5.32 Å². The van der Waals surface area contributed by atoms with E-state index < -0.39 is 9.84 Å². The normalized spacial score (nSPS) is 15.6. The van der Waals surface area contributed by atoms with Crippen molar-refractivity contribution in [3.05, 3.63) is 94.5 Å². The third-order valence-electron chi connectivity index (χ3n) is 7.27. The van der Waals surface area contributed by atoms with Crippen molar-refractivity contribution in [3.8, 4) is 11.5 Å². The van der Waals surface area contributed by atoms with E-state index in [2.05, 4.69) is 46.4 Å². The monoisotopic (exact) mass is 563 g/mol. The highest BCUT2D eigenvalue weighted by atomic mass is 35.5. The molecule has 3 aromatic carbocycles. The Morgan fingerprint density at radius 3 is 2.08 bits per heavy atom. The van der Waals surface area contributed by atoms with Crippen LogP contribution in [-0.2, 0) is 9.84 Å². The topological polar surface area (TPSA) is 75.4 Å². The van der Waals surface area contributed by atoms with Crippen LogP contribution in [0.4, 0.5) is 5.88 Å². The molecule has 2 heterocycles. The summed E-state index contributed by atoms with van der Waals surface area (Å²) in [5.74, 6) is 0.402. The Kier molecular flexibility index (Phi) is 8.40. The molecule has 0 aliphatic carbocycles. The molecule has 0 spiro atoms. The quantitative estimate of drug-likeness (QED) is 0.239. The van der Waals surface area contributed by atoms with Gasteiger partial charge in [0.05, 0.1) is 10.9 Å². The maximum atomic E-state index is 13.7. The van der Waals surface area contributed by atoms with Crippen molar-refractivity contribution in [1.29, 1.82) is 0 Å². The third kappa shape index (κ3) is 6.38. The standard InChI is InChI=1S/C31H34ClN3O3S/c1-22-7-11-24(12-8-22)28(35-19-5-3-4-6-20-35)21-33-30-31(39(36,37)27-17-15-26(32)16-18-27)34-29(38-30)25-13-9-23(2)10-14-25/h7-18,28,33H,3-6,19-21H2,1-2H3. The Labute approximate surface area is 235 Å². The molecule has 1 unspecified atom stereocenters. The Balaban J connectivity index is 1.52. The number of likely N-dealkylation sites (tertiary alicyclic amines) is 1. The van der Waals surface area contributed by atoms with E-state index in [9.17, 15) is 8.42 Å². The molecule has 1 saturated heterocycles. The molecule has 1 atom stereocenters. The lowest BCUT2D eigenvalue weighted by Gasteiger charge is -2.31. The van der Waals surface area contributed by atoms with Gasteiger partial charge in [-0.25, -0.2) is 8.42 Å². The minimum atomic E-state index is -3.97. The lowest BCUT2D eigenvalue weighted by Crippen LogP contribution is -2.34. The summed E-state index contributed by atoms with van der Waals surface area (Å²) in [6.45, 7) is 6.56. The van der Waals surface area contributed by atoms with Gasteiger partial charge in [-0.1, -0.05) is 72.0 Å². The minimum Gasteiger partial charge on any atom is -0.419 e. The fourth-order valence-corrected chi connectivity index (χ4v) is 6.39. The molecule has 204 valence electrons. The number of oxazole rings is 1. The molecule has 0 radical (unpaired) electrons. The van der Waals surface area contributed by atoms with Gasteiger partial charge in [0, 0.05) is 17.1 Å². The first-order valence-electron chi connectivity index (χ1n) is 13.4. The van der Waals surface area contributed by atoms with Crippen LogP contribution in [0, 0.1) is 13.8 Å². The zero-order valence-corrected chi connectivity index (χ0v) is 23.9. The second-order valence-electron chi connectivity index (χ2n) is 10.2. The second kappa shape index (κ2) is 11.9. The molecule has 1 N–H and O–H groups in total. The van der Waals surface area contributed by atoms with Crippen LogP contribution >= 0.6 is 11.6 Å². The first kappa shape index (κ1) is 27.4. The number of sulfone groups is 1. The molecule has 8 heteroatoms. The molecule has 6 nitrogen and oxygen atoms in total. The second-order valence-corrected chi connectivity index (χ2v) is 12.5. The molecule has 5 rings (SSSR count). The number of nitrogens with one attached hydrogen (secondary N) is 1. The van der Waals surface area contributed by atoms with Gasteiger partial charge in [0.2, 0.25) is 26.6 Å². The SMILES string of the molecule is Cc1ccc(-c2nc(S(=O)(=O)c3ccc(Cl)cc3)c(NCC(c3ccc(C)cc3)N3CCCCCC3)o2)cc1. The number of halogens is 1. The molecule has 1 aliphatic heterocycles. The Morgan fingerprint density at radius 2 is 1.46 bits per heavy atom. The van der Waals surface area contributed by atoms with Gasteiger partial charge in [0.15, 0.2) is 0 Å². The summed E-state index contributed by atoms with van der Waals surface area (Å²) in [6, 6.07) is 22.4. The molecule has 39 heavy (non-hydrogen) atoms. The number of hydrogen-bond acceptors (Lipinski definition) is 6. The Hall–Kier alpha value is -3.13. The van der Waals surface area contributed by atoms with E-state index in [4.69, 9.17) is 16.0 Å². The zero-order chi connectivity index (χ0) is 27.4. The van der Waals surface area contributed by atoms with Gasteiger partial charge in [0.25, 0.3) is 0 Å². The van der Waals surface area contributed by atoms with Crippen LogP contribution in [0.5, 0.6) is 0 Å². The van der Waals surface area contributed by atoms with Gasteiger partial charge in [-0.05, 0) is 81.7 Å². The molecule has 1 aliphatic rings. The van der Waals surface area contributed by atoms with E-state index in [0.29, 0.717) is 17.1 Å². The number of aromatic nitrogens is 1. The highest BCUT2D eigenvalue weighted by molar-refractivity contribution is 7.91. The Bertz CT molecular complexity index is 1490. The first-order chi connectivity index (χ1) is 18.8. The number of anilines is 1. The third-order valence-corrected chi connectivity index (χ3v) is 9.20. The Morgan fingerprint density at radius 1 is 0.872 bits per heavy atom. The summed E-state index contributed by atoms with van der Waals surface area (Å²) in [6.07, 6.45) is 4.77. The average Bonchev–Trinajstić information content (AvgIpc) is 3.18. The molecule has 1 fully saturated rings. The van der Waals surface area contributed by atoms with Crippen molar-refractivity contribution in [1.82, 2.24) is 9.88 Å². The van der Waals surface area contributed by atoms with E-state index in [0.717, 1.165) is 31.5 Å². The highest BCUT2D eigenvalue weighted by Crippen LogP contribution is 2.34. The van der Waals surface area contributed by atoms with Crippen molar-refractivity contribution in [3.63, 3.8) is 0 Å². The van der Waals surface area contributed by atoms with Gasteiger partial charge in [-0.3, -0.25) is 4.90 Å². The van der Waals surface area contributed by atoms with Crippen LogP contribution in [0.15, 0.2) is 87.1 Å². The average molecular weight is 564 g/mol. The number of nitrogens with zero attached hydrogens (tertiary/aromatic N) is 2. The van der Waals surface area contributed by atoms with E-state index >= 15 is 0 Å². The van der Waals surface area contributed by atoms with Crippen molar-refractivity contribution in [2.75, 3.05) is 25.0 Å². The lowest BCUT2D eigenvalue weighted by atomic mass is 10.0. The first-order valence-corrected chi connectivity index (χ1v) is 15.3. The molecule has 0 saturated carbocycles. The molecule has 4 aromatic rings. The molecule has 1 aromatic heterocycles. The van der Waals surface area contributed by atoms with Gasteiger partial charge in [-0.2, -0.15) is 4.98 Å². The predicted molar refractivity (Wildman–Crippen MR) is 156 cm³/mol. The molecular formula is C31H34ClN3O3S. The summed E-state index contributed by atoms with van der Waals surface area (Å²) in [5, 5.41) is 3.69. The van der Waals surface area contributed by atoms with Crippen LogP contribution in [0.25, 0.3) is 11.5 Å². The lowest BCUT2D eigenvalue weighted by molar-refractivity contribution is 0.213. The molecule has 0 bridgehead atoms. The summed E-state index contributed by atoms with van der Waals surface area (Å²) in [5.41, 5.74) is 4.20. The van der Waals surface area contributed by atoms with Crippen LogP contribution in [0.1, 0.15) is 48.4 Å². The largest absolute Gasteiger partial charge is 0.419 e. The molecular weight excluding hydrogens is 530 g/mol. The summed E-state index contributed by atoms with van der Waals surface area (Å²) >= 11 is 6.03. The minimum absolute atomic E-state index is 0.0581. The smallest absolute Gasteiger partial charge is 0.233 e. The molecule has 0 amide bonds. The fourth-order valence-electron chi connectivity index (χ4n) is 4.99. The van der Waals surface area contributed by atoms with Crippen molar-refractivity contribution >= 4 is 27.3 Å². The van der Waals surface area contributed by atoms with Gasteiger partial charge in [0.1, 0.15) is 0 Å². The number of rotatable bonds is 8.